The molecule has 1 aliphatic rings. The fraction of sp³-hybridized carbons (Fsp3) is 0.632. The van der Waals surface area contributed by atoms with Crippen LogP contribution in [0, 0.1) is 5.92 Å². The van der Waals surface area contributed by atoms with Gasteiger partial charge in [0, 0.05) is 42.5 Å². The normalized spacial score (nSPS) is 18.5. The van der Waals surface area contributed by atoms with Gasteiger partial charge in [0.05, 0.1) is 12.7 Å². The van der Waals surface area contributed by atoms with Crippen molar-refractivity contribution in [2.24, 2.45) is 5.92 Å². The third kappa shape index (κ3) is 8.45. The van der Waals surface area contributed by atoms with Gasteiger partial charge in [-0.15, -0.1) is 11.8 Å². The molecule has 1 saturated heterocycles. The number of nitrogens with one attached hydrogen (secondary N) is 1. The maximum absolute atomic E-state index is 12.0. The maximum Gasteiger partial charge on any atom is 0.220 e. The topological polar surface area (TPSA) is 41.6 Å². The summed E-state index contributed by atoms with van der Waals surface area (Å²) in [6.07, 6.45) is 1.53. The number of morpholine rings is 1. The zero-order valence-corrected chi connectivity index (χ0v) is 16.7. The van der Waals surface area contributed by atoms with E-state index in [1.165, 1.54) is 4.90 Å². The SMILES string of the molecule is CC(C)CN1CCOC(CNC(=O)CCCSc2ccc(Cl)cc2)C1. The van der Waals surface area contributed by atoms with Crippen LogP contribution in [-0.4, -0.2) is 55.4 Å². The van der Waals surface area contributed by atoms with E-state index in [-0.39, 0.29) is 12.0 Å². The van der Waals surface area contributed by atoms with Crippen molar-refractivity contribution < 1.29 is 9.53 Å². The summed E-state index contributed by atoms with van der Waals surface area (Å²) < 4.78 is 5.76. The second-order valence-corrected chi connectivity index (χ2v) is 8.46. The molecule has 1 N–H and O–H groups in total. The number of amides is 1. The van der Waals surface area contributed by atoms with Crippen molar-refractivity contribution in [2.45, 2.75) is 37.7 Å². The summed E-state index contributed by atoms with van der Waals surface area (Å²) in [7, 11) is 0. The van der Waals surface area contributed by atoms with E-state index in [2.05, 4.69) is 24.1 Å². The number of thioether (sulfide) groups is 1. The Morgan fingerprint density at radius 3 is 2.88 bits per heavy atom. The van der Waals surface area contributed by atoms with Crippen LogP contribution in [0.3, 0.4) is 0 Å². The van der Waals surface area contributed by atoms with Gasteiger partial charge in [0.15, 0.2) is 0 Å². The van der Waals surface area contributed by atoms with Crippen LogP contribution in [0.15, 0.2) is 29.2 Å². The Labute approximate surface area is 160 Å². The highest BCUT2D eigenvalue weighted by molar-refractivity contribution is 7.99. The molecular weight excluding hydrogens is 356 g/mol. The summed E-state index contributed by atoms with van der Waals surface area (Å²) in [6.45, 7) is 8.82. The van der Waals surface area contributed by atoms with Crippen molar-refractivity contribution in [1.82, 2.24) is 10.2 Å². The van der Waals surface area contributed by atoms with Crippen LogP contribution in [0.4, 0.5) is 0 Å². The highest BCUT2D eigenvalue weighted by Crippen LogP contribution is 2.21. The Morgan fingerprint density at radius 1 is 1.40 bits per heavy atom. The molecule has 0 aliphatic carbocycles. The molecule has 25 heavy (non-hydrogen) atoms. The van der Waals surface area contributed by atoms with E-state index >= 15 is 0 Å². The summed E-state index contributed by atoms with van der Waals surface area (Å²) in [5, 5.41) is 3.77. The van der Waals surface area contributed by atoms with E-state index in [4.69, 9.17) is 16.3 Å². The molecule has 1 fully saturated rings. The predicted octanol–water partition coefficient (Wildman–Crippen LogP) is 3.69. The zero-order valence-electron chi connectivity index (χ0n) is 15.2. The van der Waals surface area contributed by atoms with Crippen molar-refractivity contribution in [1.29, 1.82) is 0 Å². The molecule has 1 atom stereocenters. The quantitative estimate of drug-likeness (QED) is 0.520. The Balaban J connectivity index is 1.56. The van der Waals surface area contributed by atoms with E-state index in [9.17, 15) is 4.79 Å². The van der Waals surface area contributed by atoms with Crippen LogP contribution in [-0.2, 0) is 9.53 Å². The van der Waals surface area contributed by atoms with Crippen molar-refractivity contribution in [3.8, 4) is 0 Å². The van der Waals surface area contributed by atoms with Gasteiger partial charge in [-0.2, -0.15) is 0 Å². The number of nitrogens with zero attached hydrogens (tertiary/aromatic N) is 1. The van der Waals surface area contributed by atoms with E-state index in [1.54, 1.807) is 11.8 Å². The average Bonchev–Trinajstić information content (AvgIpc) is 2.58. The lowest BCUT2D eigenvalue weighted by Crippen LogP contribution is -2.48. The molecule has 1 aromatic carbocycles. The highest BCUT2D eigenvalue weighted by atomic mass is 35.5. The second-order valence-electron chi connectivity index (χ2n) is 6.86. The Morgan fingerprint density at radius 2 is 2.16 bits per heavy atom. The van der Waals surface area contributed by atoms with E-state index in [0.717, 1.165) is 43.4 Å². The Hall–Kier alpha value is -0.750. The highest BCUT2D eigenvalue weighted by Gasteiger charge is 2.21. The molecule has 140 valence electrons. The molecule has 0 spiro atoms. The van der Waals surface area contributed by atoms with E-state index < -0.39 is 0 Å². The first-order valence-corrected chi connectivity index (χ1v) is 10.4. The van der Waals surface area contributed by atoms with Gasteiger partial charge in [0.2, 0.25) is 5.91 Å². The number of halogens is 1. The van der Waals surface area contributed by atoms with E-state index in [1.807, 2.05) is 24.3 Å². The third-order valence-electron chi connectivity index (χ3n) is 4.00. The Kier molecular flexibility index (Phi) is 9.10. The number of ether oxygens (including phenoxy) is 1. The van der Waals surface area contributed by atoms with Gasteiger partial charge >= 0.3 is 0 Å². The molecule has 4 nitrogen and oxygen atoms in total. The molecular formula is C19H29ClN2O2S. The van der Waals surface area contributed by atoms with Crippen molar-refractivity contribution in [3.63, 3.8) is 0 Å². The first-order chi connectivity index (χ1) is 12.0. The van der Waals surface area contributed by atoms with Gasteiger partial charge in [-0.1, -0.05) is 25.4 Å². The van der Waals surface area contributed by atoms with Crippen molar-refractivity contribution in [3.05, 3.63) is 29.3 Å². The maximum atomic E-state index is 12.0. The van der Waals surface area contributed by atoms with Crippen LogP contribution in [0.2, 0.25) is 5.02 Å². The van der Waals surface area contributed by atoms with Gasteiger partial charge in [-0.25, -0.2) is 0 Å². The van der Waals surface area contributed by atoms with Gasteiger partial charge in [0.1, 0.15) is 0 Å². The lowest BCUT2D eigenvalue weighted by atomic mass is 10.2. The van der Waals surface area contributed by atoms with Crippen LogP contribution < -0.4 is 5.32 Å². The summed E-state index contributed by atoms with van der Waals surface area (Å²) in [6, 6.07) is 7.81. The molecule has 6 heteroatoms. The number of hydrogen-bond acceptors (Lipinski definition) is 4. The van der Waals surface area contributed by atoms with Crippen LogP contribution in [0.5, 0.6) is 0 Å². The van der Waals surface area contributed by atoms with Gasteiger partial charge < -0.3 is 10.1 Å². The number of rotatable bonds is 9. The molecule has 1 amide bonds. The number of carbonyl (C=O) groups excluding carboxylic acids is 1. The van der Waals surface area contributed by atoms with Crippen LogP contribution in [0.25, 0.3) is 0 Å². The van der Waals surface area contributed by atoms with Crippen molar-refractivity contribution >= 4 is 29.3 Å². The van der Waals surface area contributed by atoms with Gasteiger partial charge in [-0.05, 0) is 42.4 Å². The molecule has 1 aliphatic heterocycles. The largest absolute Gasteiger partial charge is 0.374 e. The molecule has 2 rings (SSSR count). The van der Waals surface area contributed by atoms with Gasteiger partial charge in [0.25, 0.3) is 0 Å². The molecule has 1 unspecified atom stereocenters. The predicted molar refractivity (Wildman–Crippen MR) is 105 cm³/mol. The van der Waals surface area contributed by atoms with E-state index in [0.29, 0.717) is 18.9 Å². The van der Waals surface area contributed by atoms with Crippen LogP contribution in [0.1, 0.15) is 26.7 Å². The monoisotopic (exact) mass is 384 g/mol. The minimum absolute atomic E-state index is 0.111. The average molecular weight is 385 g/mol. The Bertz CT molecular complexity index is 525. The minimum atomic E-state index is 0.111. The summed E-state index contributed by atoms with van der Waals surface area (Å²) in [5.41, 5.74) is 0. The number of hydrogen-bond donors (Lipinski definition) is 1. The fourth-order valence-electron chi connectivity index (χ4n) is 2.86. The van der Waals surface area contributed by atoms with Gasteiger partial charge in [-0.3, -0.25) is 9.69 Å². The zero-order chi connectivity index (χ0) is 18.1. The third-order valence-corrected chi connectivity index (χ3v) is 5.35. The molecule has 1 aromatic rings. The fourth-order valence-corrected chi connectivity index (χ4v) is 3.83. The lowest BCUT2D eigenvalue weighted by Gasteiger charge is -2.33. The second kappa shape index (κ2) is 11.1. The smallest absolute Gasteiger partial charge is 0.220 e. The first kappa shape index (κ1) is 20.6. The molecule has 0 bridgehead atoms. The number of benzene rings is 1. The summed E-state index contributed by atoms with van der Waals surface area (Å²) in [5.74, 6) is 1.70. The summed E-state index contributed by atoms with van der Waals surface area (Å²) in [4.78, 5) is 15.6. The molecule has 0 aromatic heterocycles. The minimum Gasteiger partial charge on any atom is -0.374 e. The van der Waals surface area contributed by atoms with Crippen molar-refractivity contribution in [2.75, 3.05) is 38.5 Å². The molecule has 0 saturated carbocycles. The number of carbonyl (C=O) groups is 1. The standard InChI is InChI=1S/C19H29ClN2O2S/c1-15(2)13-22-9-10-24-17(14-22)12-21-19(23)4-3-11-25-18-7-5-16(20)6-8-18/h5-8,15,17H,3-4,9-14H2,1-2H3,(H,21,23). The lowest BCUT2D eigenvalue weighted by molar-refractivity contribution is -0.122. The summed E-state index contributed by atoms with van der Waals surface area (Å²) >= 11 is 7.62. The first-order valence-electron chi connectivity index (χ1n) is 9.02. The molecule has 1 heterocycles. The van der Waals surface area contributed by atoms with Crippen LogP contribution >= 0.6 is 23.4 Å². The molecule has 0 radical (unpaired) electrons.